The fourth-order valence-corrected chi connectivity index (χ4v) is 2.34. The number of nitrogens with zero attached hydrogens (tertiary/aromatic N) is 1. The van der Waals surface area contributed by atoms with Gasteiger partial charge in [0, 0.05) is 23.2 Å². The molecular formula is C15H14BrNO2. The van der Waals surface area contributed by atoms with Gasteiger partial charge in [0.2, 0.25) is 0 Å². The monoisotopic (exact) mass is 319 g/mol. The lowest BCUT2D eigenvalue weighted by molar-refractivity contribution is 0.363. The first-order valence-electron chi connectivity index (χ1n) is 5.83. The van der Waals surface area contributed by atoms with Gasteiger partial charge in [-0.15, -0.1) is 0 Å². The van der Waals surface area contributed by atoms with E-state index < -0.39 is 0 Å². The lowest BCUT2D eigenvalue weighted by atomic mass is 10.1. The highest BCUT2D eigenvalue weighted by molar-refractivity contribution is 9.10. The maximum Gasteiger partial charge on any atom is 0.250 e. The van der Waals surface area contributed by atoms with Gasteiger partial charge in [-0.05, 0) is 40.2 Å². The fraction of sp³-hybridized carbons (Fsp3) is 0.133. The molecular weight excluding hydrogens is 306 g/mol. The van der Waals surface area contributed by atoms with E-state index in [2.05, 4.69) is 22.5 Å². The summed E-state index contributed by atoms with van der Waals surface area (Å²) in [5.74, 6) is 0.761. The van der Waals surface area contributed by atoms with Gasteiger partial charge in [0.15, 0.2) is 0 Å². The van der Waals surface area contributed by atoms with Crippen molar-refractivity contribution >= 4 is 15.9 Å². The third kappa shape index (κ3) is 2.96. The van der Waals surface area contributed by atoms with Gasteiger partial charge in [-0.2, -0.15) is 0 Å². The number of ether oxygens (including phenoxy) is 1. The average molecular weight is 320 g/mol. The van der Waals surface area contributed by atoms with Crippen LogP contribution in [-0.2, 0) is 7.05 Å². The number of pyridine rings is 1. The van der Waals surface area contributed by atoms with E-state index in [0.29, 0.717) is 6.61 Å². The molecule has 0 radical (unpaired) electrons. The van der Waals surface area contributed by atoms with Gasteiger partial charge in [-0.3, -0.25) is 4.79 Å². The van der Waals surface area contributed by atoms with Crippen LogP contribution in [0.4, 0.5) is 0 Å². The number of rotatable bonds is 4. The molecule has 0 bridgehead atoms. The number of aromatic nitrogens is 1. The molecule has 0 aliphatic rings. The van der Waals surface area contributed by atoms with Crippen LogP contribution < -0.4 is 10.3 Å². The van der Waals surface area contributed by atoms with Gasteiger partial charge < -0.3 is 9.30 Å². The highest BCUT2D eigenvalue weighted by Gasteiger charge is 2.08. The van der Waals surface area contributed by atoms with E-state index in [4.69, 9.17) is 4.74 Å². The molecule has 0 saturated heterocycles. The molecule has 0 aliphatic heterocycles. The molecule has 2 aromatic rings. The Balaban J connectivity index is 2.43. The van der Waals surface area contributed by atoms with Crippen molar-refractivity contribution in [2.24, 2.45) is 7.05 Å². The van der Waals surface area contributed by atoms with Crippen molar-refractivity contribution in [1.82, 2.24) is 4.57 Å². The van der Waals surface area contributed by atoms with Crippen molar-refractivity contribution in [2.45, 2.75) is 0 Å². The molecule has 0 saturated carbocycles. The van der Waals surface area contributed by atoms with Crippen LogP contribution in [0.3, 0.4) is 0 Å². The van der Waals surface area contributed by atoms with Crippen LogP contribution in [0.1, 0.15) is 0 Å². The second-order valence-corrected chi connectivity index (χ2v) is 4.90. The van der Waals surface area contributed by atoms with Crippen molar-refractivity contribution in [3.8, 4) is 17.0 Å². The Morgan fingerprint density at radius 1 is 1.37 bits per heavy atom. The minimum Gasteiger partial charge on any atom is -0.490 e. The Kier molecular flexibility index (Phi) is 4.22. The fourth-order valence-electron chi connectivity index (χ4n) is 1.78. The quantitative estimate of drug-likeness (QED) is 0.809. The maximum atomic E-state index is 11.6. The number of benzene rings is 1. The molecule has 98 valence electrons. The Morgan fingerprint density at radius 2 is 2.16 bits per heavy atom. The van der Waals surface area contributed by atoms with Crippen LogP contribution in [0.2, 0.25) is 0 Å². The van der Waals surface area contributed by atoms with Crippen LogP contribution in [-0.4, -0.2) is 11.2 Å². The van der Waals surface area contributed by atoms with E-state index >= 15 is 0 Å². The summed E-state index contributed by atoms with van der Waals surface area (Å²) in [4.78, 5) is 11.6. The molecule has 0 N–H and O–H groups in total. The number of hydrogen-bond donors (Lipinski definition) is 0. The molecule has 0 atom stereocenters. The van der Waals surface area contributed by atoms with Gasteiger partial charge in [0.1, 0.15) is 12.4 Å². The van der Waals surface area contributed by atoms with Crippen LogP contribution in [0, 0.1) is 0 Å². The van der Waals surface area contributed by atoms with Gasteiger partial charge in [0.25, 0.3) is 5.56 Å². The van der Waals surface area contributed by atoms with Gasteiger partial charge in [-0.25, -0.2) is 0 Å². The average Bonchev–Trinajstić information content (AvgIpc) is 2.40. The predicted octanol–water partition coefficient (Wildman–Crippen LogP) is 3.38. The van der Waals surface area contributed by atoms with Crippen molar-refractivity contribution in [2.75, 3.05) is 6.61 Å². The van der Waals surface area contributed by atoms with E-state index in [-0.39, 0.29) is 5.56 Å². The molecule has 0 spiro atoms. The normalized spacial score (nSPS) is 10.2. The smallest absolute Gasteiger partial charge is 0.250 e. The SMILES string of the molecule is C=CCOc1ccc(-c2cccc(=O)n2C)c(Br)c1. The minimum atomic E-state index is -0.0311. The van der Waals surface area contributed by atoms with Gasteiger partial charge in [0.05, 0.1) is 5.69 Å². The van der Waals surface area contributed by atoms with E-state index in [1.165, 1.54) is 0 Å². The summed E-state index contributed by atoms with van der Waals surface area (Å²) >= 11 is 3.51. The van der Waals surface area contributed by atoms with Crippen LogP contribution in [0.5, 0.6) is 5.75 Å². The van der Waals surface area contributed by atoms with Gasteiger partial charge >= 0.3 is 0 Å². The molecule has 0 fully saturated rings. The Hall–Kier alpha value is -1.81. The lowest BCUT2D eigenvalue weighted by Gasteiger charge is -2.11. The number of halogens is 1. The predicted molar refractivity (Wildman–Crippen MR) is 80.5 cm³/mol. The van der Waals surface area contributed by atoms with E-state index in [0.717, 1.165) is 21.5 Å². The highest BCUT2D eigenvalue weighted by atomic mass is 79.9. The first-order chi connectivity index (χ1) is 9.13. The summed E-state index contributed by atoms with van der Waals surface area (Å²) in [6, 6.07) is 10.9. The second kappa shape index (κ2) is 5.89. The second-order valence-electron chi connectivity index (χ2n) is 4.05. The zero-order chi connectivity index (χ0) is 13.8. The largest absolute Gasteiger partial charge is 0.490 e. The number of hydrogen-bond acceptors (Lipinski definition) is 2. The Labute approximate surface area is 120 Å². The summed E-state index contributed by atoms with van der Waals surface area (Å²) in [5.41, 5.74) is 1.78. The van der Waals surface area contributed by atoms with E-state index in [9.17, 15) is 4.79 Å². The first-order valence-corrected chi connectivity index (χ1v) is 6.62. The maximum absolute atomic E-state index is 11.6. The van der Waals surface area contributed by atoms with Crippen molar-refractivity contribution in [3.63, 3.8) is 0 Å². The molecule has 2 rings (SSSR count). The molecule has 1 aromatic carbocycles. The van der Waals surface area contributed by atoms with Crippen LogP contribution in [0.15, 0.2) is 58.3 Å². The summed E-state index contributed by atoms with van der Waals surface area (Å²) < 4.78 is 7.96. The van der Waals surface area contributed by atoms with Crippen molar-refractivity contribution in [3.05, 3.63) is 63.9 Å². The van der Waals surface area contributed by atoms with E-state index in [1.54, 1.807) is 29.8 Å². The Morgan fingerprint density at radius 3 is 2.84 bits per heavy atom. The zero-order valence-corrected chi connectivity index (χ0v) is 12.2. The summed E-state index contributed by atoms with van der Waals surface area (Å²) in [5, 5.41) is 0. The Bertz CT molecular complexity index is 661. The third-order valence-corrected chi connectivity index (χ3v) is 3.43. The minimum absolute atomic E-state index is 0.0311. The summed E-state index contributed by atoms with van der Waals surface area (Å²) in [7, 11) is 1.76. The summed E-state index contributed by atoms with van der Waals surface area (Å²) in [6.45, 7) is 4.08. The molecule has 19 heavy (non-hydrogen) atoms. The molecule has 1 heterocycles. The van der Waals surface area contributed by atoms with Crippen molar-refractivity contribution < 1.29 is 4.74 Å². The van der Waals surface area contributed by atoms with Crippen molar-refractivity contribution in [1.29, 1.82) is 0 Å². The third-order valence-electron chi connectivity index (χ3n) is 2.77. The molecule has 0 aliphatic carbocycles. The van der Waals surface area contributed by atoms with Gasteiger partial charge in [-0.1, -0.05) is 18.7 Å². The zero-order valence-electron chi connectivity index (χ0n) is 10.6. The van der Waals surface area contributed by atoms with Crippen LogP contribution in [0.25, 0.3) is 11.3 Å². The standard InChI is InChI=1S/C15H14BrNO2/c1-3-9-19-11-7-8-12(13(16)10-11)14-5-4-6-15(18)17(14)2/h3-8,10H,1,9H2,2H3. The highest BCUT2D eigenvalue weighted by Crippen LogP contribution is 2.30. The van der Waals surface area contributed by atoms with Crippen LogP contribution >= 0.6 is 15.9 Å². The molecule has 0 amide bonds. The first kappa shape index (κ1) is 13.6. The summed E-state index contributed by atoms with van der Waals surface area (Å²) in [6.07, 6.45) is 1.70. The lowest BCUT2D eigenvalue weighted by Crippen LogP contribution is -2.16. The molecule has 1 aromatic heterocycles. The molecule has 3 nitrogen and oxygen atoms in total. The van der Waals surface area contributed by atoms with E-state index in [1.807, 2.05) is 24.3 Å². The molecule has 0 unspecified atom stereocenters. The molecule has 4 heteroatoms. The topological polar surface area (TPSA) is 31.2 Å².